The van der Waals surface area contributed by atoms with E-state index in [1.54, 1.807) is 0 Å². The monoisotopic (exact) mass is 190 g/mol. The zero-order valence-corrected chi connectivity index (χ0v) is 8.70. The Morgan fingerprint density at radius 3 is 2.46 bits per heavy atom. The van der Waals surface area contributed by atoms with E-state index in [9.17, 15) is 5.11 Å². The summed E-state index contributed by atoms with van der Waals surface area (Å²) in [5.41, 5.74) is 0. The van der Waals surface area contributed by atoms with Crippen LogP contribution in [0.25, 0.3) is 0 Å². The standard InChI is InChI=1S/C10H22O3/c1-9(2)8-10(12)4-3-6-13-7-5-11/h9-12H,3-8H2,1-2H3. The van der Waals surface area contributed by atoms with Gasteiger partial charge in [0.05, 0.1) is 19.3 Å². The van der Waals surface area contributed by atoms with Crippen LogP contribution < -0.4 is 0 Å². The minimum absolute atomic E-state index is 0.0779. The van der Waals surface area contributed by atoms with Gasteiger partial charge >= 0.3 is 0 Å². The molecule has 1 unspecified atom stereocenters. The van der Waals surface area contributed by atoms with Crippen molar-refractivity contribution in [3.63, 3.8) is 0 Å². The number of hydrogen-bond acceptors (Lipinski definition) is 3. The molecule has 0 aliphatic carbocycles. The van der Waals surface area contributed by atoms with Crippen LogP contribution in [0.1, 0.15) is 33.1 Å². The van der Waals surface area contributed by atoms with E-state index < -0.39 is 0 Å². The lowest BCUT2D eigenvalue weighted by atomic mass is 10.0. The minimum atomic E-state index is -0.197. The van der Waals surface area contributed by atoms with Crippen LogP contribution in [0.3, 0.4) is 0 Å². The quantitative estimate of drug-likeness (QED) is 0.565. The van der Waals surface area contributed by atoms with Crippen molar-refractivity contribution < 1.29 is 14.9 Å². The molecular weight excluding hydrogens is 168 g/mol. The molecule has 0 amide bonds. The first-order chi connectivity index (χ1) is 6.16. The number of aliphatic hydroxyl groups excluding tert-OH is 2. The van der Waals surface area contributed by atoms with Crippen molar-refractivity contribution in [3.05, 3.63) is 0 Å². The topological polar surface area (TPSA) is 49.7 Å². The highest BCUT2D eigenvalue weighted by molar-refractivity contribution is 4.58. The van der Waals surface area contributed by atoms with Crippen LogP contribution >= 0.6 is 0 Å². The van der Waals surface area contributed by atoms with Gasteiger partial charge in [-0.3, -0.25) is 0 Å². The summed E-state index contributed by atoms with van der Waals surface area (Å²) in [6.07, 6.45) is 2.33. The lowest BCUT2D eigenvalue weighted by molar-refractivity contribution is 0.0750. The van der Waals surface area contributed by atoms with Crippen LogP contribution in [0.4, 0.5) is 0 Å². The van der Waals surface area contributed by atoms with Crippen LogP contribution in [0.15, 0.2) is 0 Å². The highest BCUT2D eigenvalue weighted by Crippen LogP contribution is 2.09. The van der Waals surface area contributed by atoms with Crippen LogP contribution in [0.5, 0.6) is 0 Å². The van der Waals surface area contributed by atoms with Gasteiger partial charge < -0.3 is 14.9 Å². The maximum Gasteiger partial charge on any atom is 0.0697 e. The molecule has 3 nitrogen and oxygen atoms in total. The van der Waals surface area contributed by atoms with Crippen LogP contribution in [0, 0.1) is 5.92 Å². The summed E-state index contributed by atoms with van der Waals surface area (Å²) in [6.45, 7) is 5.32. The minimum Gasteiger partial charge on any atom is -0.394 e. The molecule has 0 aliphatic rings. The molecule has 0 aromatic heterocycles. The van der Waals surface area contributed by atoms with E-state index in [0.29, 0.717) is 19.1 Å². The largest absolute Gasteiger partial charge is 0.394 e. The predicted molar refractivity (Wildman–Crippen MR) is 52.6 cm³/mol. The Kier molecular flexibility index (Phi) is 8.40. The third-order valence-electron chi connectivity index (χ3n) is 1.81. The van der Waals surface area contributed by atoms with E-state index in [1.807, 2.05) is 0 Å². The van der Waals surface area contributed by atoms with E-state index in [0.717, 1.165) is 19.3 Å². The van der Waals surface area contributed by atoms with Gasteiger partial charge in [0.1, 0.15) is 0 Å². The highest BCUT2D eigenvalue weighted by atomic mass is 16.5. The summed E-state index contributed by atoms with van der Waals surface area (Å²) in [6, 6.07) is 0. The van der Waals surface area contributed by atoms with E-state index in [2.05, 4.69) is 13.8 Å². The number of aliphatic hydroxyl groups is 2. The normalized spacial score (nSPS) is 13.6. The molecule has 0 aliphatic heterocycles. The average Bonchev–Trinajstić information content (AvgIpc) is 2.02. The molecule has 0 fully saturated rings. The second kappa shape index (κ2) is 8.48. The van der Waals surface area contributed by atoms with Gasteiger partial charge in [-0.25, -0.2) is 0 Å². The molecule has 0 rings (SSSR count). The lowest BCUT2D eigenvalue weighted by Crippen LogP contribution is -2.11. The van der Waals surface area contributed by atoms with Crippen LogP contribution in [-0.4, -0.2) is 36.1 Å². The van der Waals surface area contributed by atoms with Crippen molar-refractivity contribution in [1.29, 1.82) is 0 Å². The molecular formula is C10H22O3. The predicted octanol–water partition coefficient (Wildman–Crippen LogP) is 1.18. The maximum absolute atomic E-state index is 9.47. The molecule has 13 heavy (non-hydrogen) atoms. The van der Waals surface area contributed by atoms with Gasteiger partial charge in [-0.05, 0) is 25.2 Å². The molecule has 3 heteroatoms. The maximum atomic E-state index is 9.47. The number of rotatable bonds is 8. The summed E-state index contributed by atoms with van der Waals surface area (Å²) >= 11 is 0. The van der Waals surface area contributed by atoms with E-state index in [4.69, 9.17) is 9.84 Å². The van der Waals surface area contributed by atoms with Gasteiger partial charge in [0, 0.05) is 6.61 Å². The highest BCUT2D eigenvalue weighted by Gasteiger charge is 2.05. The van der Waals surface area contributed by atoms with Crippen LogP contribution in [-0.2, 0) is 4.74 Å². The summed E-state index contributed by atoms with van der Waals surface area (Å²) in [5, 5.41) is 17.9. The smallest absolute Gasteiger partial charge is 0.0697 e. The zero-order valence-electron chi connectivity index (χ0n) is 8.70. The lowest BCUT2D eigenvalue weighted by Gasteiger charge is -2.12. The molecule has 1 atom stereocenters. The molecule has 0 radical (unpaired) electrons. The van der Waals surface area contributed by atoms with Crippen molar-refractivity contribution >= 4 is 0 Å². The Balaban J connectivity index is 3.12. The molecule has 2 N–H and O–H groups in total. The van der Waals surface area contributed by atoms with Gasteiger partial charge in [-0.2, -0.15) is 0 Å². The Labute approximate surface area is 80.7 Å². The first kappa shape index (κ1) is 12.9. The van der Waals surface area contributed by atoms with Crippen molar-refractivity contribution in [2.75, 3.05) is 19.8 Å². The zero-order chi connectivity index (χ0) is 10.1. The second-order valence-electron chi connectivity index (χ2n) is 3.76. The Bertz CT molecular complexity index is 104. The first-order valence-electron chi connectivity index (χ1n) is 5.03. The Hall–Kier alpha value is -0.120. The molecule has 0 aromatic carbocycles. The fourth-order valence-corrected chi connectivity index (χ4v) is 1.25. The Morgan fingerprint density at radius 2 is 1.92 bits per heavy atom. The van der Waals surface area contributed by atoms with Crippen molar-refractivity contribution in [2.24, 2.45) is 5.92 Å². The van der Waals surface area contributed by atoms with Crippen molar-refractivity contribution in [2.45, 2.75) is 39.2 Å². The Morgan fingerprint density at radius 1 is 1.23 bits per heavy atom. The van der Waals surface area contributed by atoms with Crippen molar-refractivity contribution in [1.82, 2.24) is 0 Å². The molecule has 0 spiro atoms. The number of ether oxygens (including phenoxy) is 1. The first-order valence-corrected chi connectivity index (χ1v) is 5.03. The van der Waals surface area contributed by atoms with Crippen LogP contribution in [0.2, 0.25) is 0 Å². The van der Waals surface area contributed by atoms with E-state index >= 15 is 0 Å². The fourth-order valence-electron chi connectivity index (χ4n) is 1.25. The summed E-state index contributed by atoms with van der Waals surface area (Å²) < 4.78 is 5.08. The van der Waals surface area contributed by atoms with Gasteiger partial charge in [-0.1, -0.05) is 13.8 Å². The SMILES string of the molecule is CC(C)CC(O)CCCOCCO. The van der Waals surface area contributed by atoms with E-state index in [1.165, 1.54) is 0 Å². The molecule has 0 aromatic rings. The third-order valence-corrected chi connectivity index (χ3v) is 1.81. The van der Waals surface area contributed by atoms with Gasteiger partial charge in [0.25, 0.3) is 0 Å². The summed E-state index contributed by atoms with van der Waals surface area (Å²) in [4.78, 5) is 0. The number of hydrogen-bond donors (Lipinski definition) is 2. The van der Waals surface area contributed by atoms with Crippen molar-refractivity contribution in [3.8, 4) is 0 Å². The molecule has 0 saturated heterocycles. The fraction of sp³-hybridized carbons (Fsp3) is 1.00. The van der Waals surface area contributed by atoms with E-state index in [-0.39, 0.29) is 12.7 Å². The average molecular weight is 190 g/mol. The summed E-state index contributed by atoms with van der Waals surface area (Å²) in [5.74, 6) is 0.549. The third kappa shape index (κ3) is 9.80. The van der Waals surface area contributed by atoms with Gasteiger partial charge in [0.15, 0.2) is 0 Å². The molecule has 80 valence electrons. The molecule has 0 heterocycles. The second-order valence-corrected chi connectivity index (χ2v) is 3.76. The summed E-state index contributed by atoms with van der Waals surface area (Å²) in [7, 11) is 0. The molecule has 0 saturated carbocycles. The van der Waals surface area contributed by atoms with Gasteiger partial charge in [0.2, 0.25) is 0 Å². The molecule has 0 bridgehead atoms. The van der Waals surface area contributed by atoms with Gasteiger partial charge in [-0.15, -0.1) is 0 Å².